The van der Waals surface area contributed by atoms with Gasteiger partial charge < -0.3 is 10.6 Å². The molecule has 0 spiro atoms. The van der Waals surface area contributed by atoms with Crippen LogP contribution >= 0.6 is 12.2 Å². The van der Waals surface area contributed by atoms with Crippen LogP contribution in [0.2, 0.25) is 0 Å². The fourth-order valence-electron chi connectivity index (χ4n) is 2.28. The average Bonchev–Trinajstić information content (AvgIpc) is 2.76. The number of hydrogen-bond acceptors (Lipinski definition) is 1. The predicted molar refractivity (Wildman–Crippen MR) is 77.5 cm³/mol. The summed E-state index contributed by atoms with van der Waals surface area (Å²) in [4.78, 5) is 0. The minimum Gasteiger partial charge on any atom is -0.360 e. The van der Waals surface area contributed by atoms with Crippen molar-refractivity contribution in [2.75, 3.05) is 5.32 Å². The van der Waals surface area contributed by atoms with Crippen LogP contribution in [0.15, 0.2) is 18.2 Å². The van der Waals surface area contributed by atoms with Gasteiger partial charge in [-0.05, 0) is 56.1 Å². The quantitative estimate of drug-likeness (QED) is 0.783. The van der Waals surface area contributed by atoms with Gasteiger partial charge >= 0.3 is 0 Å². The second kappa shape index (κ2) is 5.50. The molecule has 1 aliphatic rings. The SMILES string of the molecule is Cc1ccc(C)c(NC(=S)NC2CCCC2)c1. The highest BCUT2D eigenvalue weighted by Gasteiger charge is 2.15. The first kappa shape index (κ1) is 12.4. The Hall–Kier alpha value is -1.09. The summed E-state index contributed by atoms with van der Waals surface area (Å²) < 4.78 is 0. The maximum Gasteiger partial charge on any atom is 0.171 e. The van der Waals surface area contributed by atoms with Crippen molar-refractivity contribution < 1.29 is 0 Å². The fourth-order valence-corrected chi connectivity index (χ4v) is 2.56. The van der Waals surface area contributed by atoms with Gasteiger partial charge in [0.1, 0.15) is 0 Å². The molecule has 17 heavy (non-hydrogen) atoms. The molecule has 1 saturated carbocycles. The third-order valence-corrected chi connectivity index (χ3v) is 3.55. The minimum atomic E-state index is 0.570. The van der Waals surface area contributed by atoms with Gasteiger partial charge in [-0.1, -0.05) is 25.0 Å². The van der Waals surface area contributed by atoms with Crippen molar-refractivity contribution in [1.82, 2.24) is 5.32 Å². The van der Waals surface area contributed by atoms with Crippen molar-refractivity contribution in [3.05, 3.63) is 29.3 Å². The highest BCUT2D eigenvalue weighted by Crippen LogP contribution is 2.19. The Morgan fingerprint density at radius 1 is 1.24 bits per heavy atom. The Balaban J connectivity index is 1.95. The summed E-state index contributed by atoms with van der Waals surface area (Å²) in [5.41, 5.74) is 3.59. The number of aryl methyl sites for hydroxylation is 2. The largest absolute Gasteiger partial charge is 0.360 e. The van der Waals surface area contributed by atoms with Crippen LogP contribution in [0.4, 0.5) is 5.69 Å². The molecule has 1 aromatic carbocycles. The molecule has 0 bridgehead atoms. The van der Waals surface area contributed by atoms with Crippen LogP contribution < -0.4 is 10.6 Å². The van der Waals surface area contributed by atoms with E-state index in [0.29, 0.717) is 6.04 Å². The maximum absolute atomic E-state index is 5.35. The molecule has 1 aromatic rings. The third kappa shape index (κ3) is 3.43. The third-order valence-electron chi connectivity index (χ3n) is 3.33. The highest BCUT2D eigenvalue weighted by atomic mass is 32.1. The Bertz CT molecular complexity index is 409. The van der Waals surface area contributed by atoms with Crippen LogP contribution in [-0.4, -0.2) is 11.2 Å². The predicted octanol–water partition coefficient (Wildman–Crippen LogP) is 3.53. The molecule has 1 fully saturated rings. The van der Waals surface area contributed by atoms with Crippen LogP contribution in [0.25, 0.3) is 0 Å². The number of nitrogens with one attached hydrogen (secondary N) is 2. The van der Waals surface area contributed by atoms with E-state index in [1.54, 1.807) is 0 Å². The molecule has 1 aliphatic carbocycles. The Morgan fingerprint density at radius 2 is 1.94 bits per heavy atom. The molecule has 2 nitrogen and oxygen atoms in total. The fraction of sp³-hybridized carbons (Fsp3) is 0.500. The van der Waals surface area contributed by atoms with E-state index >= 15 is 0 Å². The normalized spacial score (nSPS) is 15.9. The number of hydrogen-bond donors (Lipinski definition) is 2. The first-order valence-corrected chi connectivity index (χ1v) is 6.71. The first-order valence-electron chi connectivity index (χ1n) is 6.30. The molecule has 92 valence electrons. The van der Waals surface area contributed by atoms with Gasteiger partial charge in [0.15, 0.2) is 5.11 Å². The zero-order valence-electron chi connectivity index (χ0n) is 10.5. The molecule has 2 rings (SSSR count). The first-order chi connectivity index (χ1) is 8.15. The molecule has 0 unspecified atom stereocenters. The Morgan fingerprint density at radius 3 is 2.65 bits per heavy atom. The lowest BCUT2D eigenvalue weighted by Crippen LogP contribution is -2.36. The Labute approximate surface area is 109 Å². The van der Waals surface area contributed by atoms with Crippen molar-refractivity contribution in [3.8, 4) is 0 Å². The highest BCUT2D eigenvalue weighted by molar-refractivity contribution is 7.80. The molecule has 0 saturated heterocycles. The van der Waals surface area contributed by atoms with Crippen LogP contribution in [-0.2, 0) is 0 Å². The summed E-state index contributed by atoms with van der Waals surface area (Å²) in [6.45, 7) is 4.19. The Kier molecular flexibility index (Phi) is 4.00. The summed E-state index contributed by atoms with van der Waals surface area (Å²) in [7, 11) is 0. The van der Waals surface area contributed by atoms with Gasteiger partial charge in [0.05, 0.1) is 0 Å². The van der Waals surface area contributed by atoms with Gasteiger partial charge in [-0.2, -0.15) is 0 Å². The number of anilines is 1. The van der Waals surface area contributed by atoms with E-state index in [1.807, 2.05) is 0 Å². The molecular formula is C14H20N2S. The number of benzene rings is 1. The second-order valence-corrected chi connectivity index (χ2v) is 5.31. The van der Waals surface area contributed by atoms with E-state index in [1.165, 1.54) is 36.8 Å². The number of rotatable bonds is 2. The lowest BCUT2D eigenvalue weighted by molar-refractivity contribution is 0.634. The smallest absolute Gasteiger partial charge is 0.171 e. The van der Waals surface area contributed by atoms with E-state index in [9.17, 15) is 0 Å². The summed E-state index contributed by atoms with van der Waals surface area (Å²) in [6, 6.07) is 6.95. The van der Waals surface area contributed by atoms with Gasteiger partial charge in [0, 0.05) is 11.7 Å². The van der Waals surface area contributed by atoms with E-state index < -0.39 is 0 Å². The van der Waals surface area contributed by atoms with E-state index in [2.05, 4.69) is 42.7 Å². The van der Waals surface area contributed by atoms with Crippen LogP contribution in [0.3, 0.4) is 0 Å². The van der Waals surface area contributed by atoms with E-state index in [0.717, 1.165) is 10.8 Å². The molecule has 3 heteroatoms. The van der Waals surface area contributed by atoms with Crippen LogP contribution in [0.1, 0.15) is 36.8 Å². The molecule has 0 amide bonds. The molecule has 2 N–H and O–H groups in total. The lowest BCUT2D eigenvalue weighted by Gasteiger charge is -2.17. The van der Waals surface area contributed by atoms with Gasteiger partial charge in [0.25, 0.3) is 0 Å². The maximum atomic E-state index is 5.35. The summed E-state index contributed by atoms with van der Waals surface area (Å²) in [5.74, 6) is 0. The molecule has 0 radical (unpaired) electrons. The van der Waals surface area contributed by atoms with Crippen molar-refractivity contribution in [2.24, 2.45) is 0 Å². The number of thiocarbonyl (C=S) groups is 1. The van der Waals surface area contributed by atoms with Crippen molar-refractivity contribution in [2.45, 2.75) is 45.6 Å². The molecule has 0 atom stereocenters. The molecule has 0 aromatic heterocycles. The van der Waals surface area contributed by atoms with E-state index in [4.69, 9.17) is 12.2 Å². The second-order valence-electron chi connectivity index (χ2n) is 4.90. The molecular weight excluding hydrogens is 228 g/mol. The van der Waals surface area contributed by atoms with Crippen molar-refractivity contribution >= 4 is 23.0 Å². The van der Waals surface area contributed by atoms with Gasteiger partial charge in [-0.3, -0.25) is 0 Å². The van der Waals surface area contributed by atoms with Gasteiger partial charge in [0.2, 0.25) is 0 Å². The zero-order chi connectivity index (χ0) is 12.3. The van der Waals surface area contributed by atoms with Crippen LogP contribution in [0, 0.1) is 13.8 Å². The average molecular weight is 248 g/mol. The van der Waals surface area contributed by atoms with Crippen molar-refractivity contribution in [3.63, 3.8) is 0 Å². The van der Waals surface area contributed by atoms with Gasteiger partial charge in [-0.15, -0.1) is 0 Å². The standard InChI is InChI=1S/C14H20N2S/c1-10-7-8-11(2)13(9-10)16-14(17)15-12-5-3-4-6-12/h7-9,12H,3-6H2,1-2H3,(H2,15,16,17). The van der Waals surface area contributed by atoms with Crippen LogP contribution in [0.5, 0.6) is 0 Å². The molecule has 0 aliphatic heterocycles. The summed E-state index contributed by atoms with van der Waals surface area (Å²) in [6.07, 6.45) is 5.14. The topological polar surface area (TPSA) is 24.1 Å². The molecule has 0 heterocycles. The van der Waals surface area contributed by atoms with Gasteiger partial charge in [-0.25, -0.2) is 0 Å². The zero-order valence-corrected chi connectivity index (χ0v) is 11.4. The van der Waals surface area contributed by atoms with E-state index in [-0.39, 0.29) is 0 Å². The lowest BCUT2D eigenvalue weighted by atomic mass is 10.1. The minimum absolute atomic E-state index is 0.570. The summed E-state index contributed by atoms with van der Waals surface area (Å²) in [5, 5.41) is 7.45. The summed E-state index contributed by atoms with van der Waals surface area (Å²) >= 11 is 5.35. The van der Waals surface area contributed by atoms with Crippen molar-refractivity contribution in [1.29, 1.82) is 0 Å². The monoisotopic (exact) mass is 248 g/mol.